The maximum Gasteiger partial charge on any atom is 0.139 e. The number of carbonyl (C=O) groups is 1. The molecule has 5 rings (SSSR count). The summed E-state index contributed by atoms with van der Waals surface area (Å²) in [6.07, 6.45) is 11.5. The number of ether oxygens (including phenoxy) is 1. The van der Waals surface area contributed by atoms with Gasteiger partial charge in [0, 0.05) is 11.8 Å². The second kappa shape index (κ2) is 4.13. The van der Waals surface area contributed by atoms with Crippen molar-refractivity contribution in [2.24, 2.45) is 35.0 Å². The van der Waals surface area contributed by atoms with Crippen molar-refractivity contribution < 1.29 is 9.53 Å². The molecule has 4 aliphatic carbocycles. The third kappa shape index (κ3) is 1.72. The molecule has 1 saturated heterocycles. The molecule has 7 atom stereocenters. The van der Waals surface area contributed by atoms with E-state index >= 15 is 0 Å². The Hall–Kier alpha value is -0.370. The smallest absolute Gasteiger partial charge is 0.139 e. The first-order valence-corrected chi connectivity index (χ1v) is 9.29. The highest BCUT2D eigenvalue weighted by Crippen LogP contribution is 2.63. The van der Waals surface area contributed by atoms with Crippen LogP contribution in [0.3, 0.4) is 0 Å². The Morgan fingerprint density at radius 3 is 2.62 bits per heavy atom. The average Bonchev–Trinajstić information content (AvgIpc) is 3.16. The molecule has 1 spiro atoms. The maximum absolute atomic E-state index is 12.4. The van der Waals surface area contributed by atoms with Gasteiger partial charge in [-0.05, 0) is 81.0 Å². The number of hydrogen-bond donors (Lipinski definition) is 0. The Bertz CT molecular complexity index is 480. The summed E-state index contributed by atoms with van der Waals surface area (Å²) in [5.74, 6) is 5.00. The van der Waals surface area contributed by atoms with Gasteiger partial charge >= 0.3 is 0 Å². The van der Waals surface area contributed by atoms with Gasteiger partial charge in [0.1, 0.15) is 5.78 Å². The highest BCUT2D eigenvalue weighted by molar-refractivity contribution is 5.87. The minimum atomic E-state index is 0.0590. The quantitative estimate of drug-likeness (QED) is 0.631. The van der Waals surface area contributed by atoms with E-state index in [4.69, 9.17) is 4.74 Å². The van der Waals surface area contributed by atoms with Gasteiger partial charge in [-0.3, -0.25) is 4.79 Å². The molecule has 0 aromatic heterocycles. The maximum atomic E-state index is 12.4. The van der Waals surface area contributed by atoms with Crippen LogP contribution in [0.25, 0.3) is 0 Å². The van der Waals surface area contributed by atoms with Gasteiger partial charge in [-0.15, -0.1) is 0 Å². The van der Waals surface area contributed by atoms with E-state index < -0.39 is 0 Å². The molecular formula is C19H28O2. The zero-order chi connectivity index (χ0) is 14.2. The third-order valence-electron chi connectivity index (χ3n) is 8.35. The van der Waals surface area contributed by atoms with Crippen molar-refractivity contribution in [3.63, 3.8) is 0 Å². The van der Waals surface area contributed by atoms with Gasteiger partial charge in [0.15, 0.2) is 0 Å². The van der Waals surface area contributed by atoms with Crippen molar-refractivity contribution in [1.29, 1.82) is 0 Å². The van der Waals surface area contributed by atoms with E-state index in [1.807, 2.05) is 0 Å². The zero-order valence-corrected chi connectivity index (χ0v) is 13.3. The number of carbonyl (C=O) groups excluding carboxylic acids is 1. The summed E-state index contributed by atoms with van der Waals surface area (Å²) >= 11 is 0. The van der Waals surface area contributed by atoms with Crippen molar-refractivity contribution in [1.82, 2.24) is 0 Å². The fraction of sp³-hybridized carbons (Fsp3) is 0.947. The molecule has 116 valence electrons. The highest BCUT2D eigenvalue weighted by Gasteiger charge is 2.59. The fourth-order valence-corrected chi connectivity index (χ4v) is 7.08. The van der Waals surface area contributed by atoms with Crippen LogP contribution in [0.15, 0.2) is 0 Å². The van der Waals surface area contributed by atoms with Crippen LogP contribution in [0.1, 0.15) is 64.7 Å². The van der Waals surface area contributed by atoms with Crippen LogP contribution in [0, 0.1) is 35.0 Å². The molecule has 21 heavy (non-hydrogen) atoms. The number of rotatable bonds is 0. The molecular weight excluding hydrogens is 260 g/mol. The van der Waals surface area contributed by atoms with E-state index in [-0.39, 0.29) is 5.41 Å². The van der Waals surface area contributed by atoms with E-state index in [2.05, 4.69) is 6.92 Å². The summed E-state index contributed by atoms with van der Waals surface area (Å²) in [6.45, 7) is 3.34. The van der Waals surface area contributed by atoms with Gasteiger partial charge < -0.3 is 4.74 Å². The van der Waals surface area contributed by atoms with Crippen LogP contribution in [-0.4, -0.2) is 18.0 Å². The topological polar surface area (TPSA) is 29.6 Å². The number of ketones is 1. The minimum Gasteiger partial charge on any atom is -0.370 e. The molecule has 2 nitrogen and oxygen atoms in total. The lowest BCUT2D eigenvalue weighted by Crippen LogP contribution is -2.49. The Balaban J connectivity index is 1.40. The van der Waals surface area contributed by atoms with Gasteiger partial charge in [-0.25, -0.2) is 0 Å². The Kier molecular flexibility index (Phi) is 2.58. The van der Waals surface area contributed by atoms with Crippen molar-refractivity contribution in [2.75, 3.05) is 6.61 Å². The first kappa shape index (κ1) is 13.1. The third-order valence-corrected chi connectivity index (χ3v) is 8.35. The molecule has 1 unspecified atom stereocenters. The van der Waals surface area contributed by atoms with Crippen LogP contribution >= 0.6 is 0 Å². The van der Waals surface area contributed by atoms with Gasteiger partial charge in [0.25, 0.3) is 0 Å². The van der Waals surface area contributed by atoms with Crippen LogP contribution in [-0.2, 0) is 9.53 Å². The largest absolute Gasteiger partial charge is 0.370 e. The average molecular weight is 288 g/mol. The monoisotopic (exact) mass is 288 g/mol. The van der Waals surface area contributed by atoms with E-state index in [0.29, 0.717) is 11.4 Å². The van der Waals surface area contributed by atoms with Crippen LogP contribution in [0.5, 0.6) is 0 Å². The minimum absolute atomic E-state index is 0.0590. The summed E-state index contributed by atoms with van der Waals surface area (Å²) in [5, 5.41) is 0. The molecule has 0 N–H and O–H groups in total. The normalized spacial score (nSPS) is 58.5. The molecule has 5 fully saturated rings. The first-order valence-electron chi connectivity index (χ1n) is 9.29. The lowest BCUT2D eigenvalue weighted by atomic mass is 9.50. The number of epoxide rings is 1. The zero-order valence-electron chi connectivity index (χ0n) is 13.3. The lowest BCUT2D eigenvalue weighted by molar-refractivity contribution is -0.133. The van der Waals surface area contributed by atoms with E-state index in [1.54, 1.807) is 0 Å². The number of Topliss-reactive ketones (excluding diaryl/α,β-unsaturated/α-hetero) is 1. The summed E-state index contributed by atoms with van der Waals surface area (Å²) < 4.78 is 5.78. The Morgan fingerprint density at radius 2 is 1.81 bits per heavy atom. The second-order valence-electron chi connectivity index (χ2n) is 9.07. The summed E-state index contributed by atoms with van der Waals surface area (Å²) in [6, 6.07) is 0. The van der Waals surface area contributed by atoms with Gasteiger partial charge in [0.05, 0.1) is 12.2 Å². The van der Waals surface area contributed by atoms with Crippen molar-refractivity contribution >= 4 is 5.78 Å². The van der Waals surface area contributed by atoms with Crippen LogP contribution in [0.2, 0.25) is 0 Å². The lowest BCUT2D eigenvalue weighted by Gasteiger charge is -2.54. The molecule has 0 aromatic rings. The summed E-state index contributed by atoms with van der Waals surface area (Å²) in [7, 11) is 0. The Morgan fingerprint density at radius 1 is 1.00 bits per heavy atom. The standard InChI is InChI=1S/C19H28O2/c1-18-8-6-14-13-7-9-19(11-21-19)10-12(13)2-3-15(14)16(18)4-5-17(18)20/h12-16H,2-11H2,1H3/t12-,13+,14-,15-,16+,18+,19?/m1/s1. The number of fused-ring (bicyclic) bond motifs is 5. The van der Waals surface area contributed by atoms with Crippen LogP contribution in [0.4, 0.5) is 0 Å². The van der Waals surface area contributed by atoms with Crippen molar-refractivity contribution in [2.45, 2.75) is 70.3 Å². The SMILES string of the molecule is C[C@]12CC[C@H]3[C@@H](CC[C@@H]4CC5(CC[C@@H]43)CO5)[C@@H]1CCC2=O. The summed E-state index contributed by atoms with van der Waals surface area (Å²) in [5.41, 5.74) is 0.393. The predicted octanol–water partition coefficient (Wildman–Crippen LogP) is 3.98. The number of hydrogen-bond acceptors (Lipinski definition) is 2. The van der Waals surface area contributed by atoms with Gasteiger partial charge in [0.2, 0.25) is 0 Å². The first-order chi connectivity index (χ1) is 10.1. The molecule has 0 bridgehead atoms. The summed E-state index contributed by atoms with van der Waals surface area (Å²) in [4.78, 5) is 12.4. The van der Waals surface area contributed by atoms with E-state index in [0.717, 1.165) is 42.6 Å². The van der Waals surface area contributed by atoms with Gasteiger partial charge in [-0.1, -0.05) is 6.92 Å². The molecule has 2 heteroatoms. The highest BCUT2D eigenvalue weighted by atomic mass is 16.6. The predicted molar refractivity (Wildman–Crippen MR) is 80.8 cm³/mol. The van der Waals surface area contributed by atoms with Gasteiger partial charge in [-0.2, -0.15) is 0 Å². The Labute approximate surface area is 128 Å². The molecule has 1 heterocycles. The molecule has 1 aliphatic heterocycles. The molecule has 0 aromatic carbocycles. The van der Waals surface area contributed by atoms with Crippen molar-refractivity contribution in [3.05, 3.63) is 0 Å². The van der Waals surface area contributed by atoms with Crippen LogP contribution < -0.4 is 0 Å². The fourth-order valence-electron chi connectivity index (χ4n) is 7.08. The second-order valence-corrected chi connectivity index (χ2v) is 9.07. The molecule has 0 radical (unpaired) electrons. The van der Waals surface area contributed by atoms with Crippen molar-refractivity contribution in [3.8, 4) is 0 Å². The molecule has 4 saturated carbocycles. The van der Waals surface area contributed by atoms with E-state index in [1.165, 1.54) is 51.4 Å². The van der Waals surface area contributed by atoms with E-state index in [9.17, 15) is 4.79 Å². The molecule has 0 amide bonds. The molecule has 5 aliphatic rings.